The molecule has 3 N–H and O–H groups in total. The van der Waals surface area contributed by atoms with E-state index < -0.39 is 4.92 Å². The molecule has 1 amide bonds. The first-order valence-electron chi connectivity index (χ1n) is 6.25. The van der Waals surface area contributed by atoms with Crippen molar-refractivity contribution in [1.29, 1.82) is 0 Å². The number of nitrogens with two attached hydrogens (primary N) is 1. The summed E-state index contributed by atoms with van der Waals surface area (Å²) in [5.41, 5.74) is 2.06. The van der Waals surface area contributed by atoms with Gasteiger partial charge < -0.3 is 10.3 Å². The van der Waals surface area contributed by atoms with Crippen LogP contribution in [0.2, 0.25) is 5.02 Å². The first-order chi connectivity index (χ1) is 9.95. The highest BCUT2D eigenvalue weighted by molar-refractivity contribution is 7.99. The maximum absolute atomic E-state index is 12.4. The summed E-state index contributed by atoms with van der Waals surface area (Å²) < 4.78 is 0. The number of nitro benzene ring substituents is 1. The van der Waals surface area contributed by atoms with Crippen LogP contribution in [-0.4, -0.2) is 40.3 Å². The predicted molar refractivity (Wildman–Crippen MR) is 83.7 cm³/mol. The summed E-state index contributed by atoms with van der Waals surface area (Å²) in [7, 11) is 1.70. The van der Waals surface area contributed by atoms with Crippen LogP contribution in [0.25, 0.3) is 0 Å². The summed E-state index contributed by atoms with van der Waals surface area (Å²) >= 11 is 7.75. The Morgan fingerprint density at radius 2 is 2.33 bits per heavy atom. The Balaban J connectivity index is 2.35. The molecule has 0 spiro atoms. The monoisotopic (exact) mass is 330 g/mol. The van der Waals surface area contributed by atoms with E-state index in [1.165, 1.54) is 12.1 Å². The minimum atomic E-state index is -0.622. The number of anilines is 1. The number of nitrogens with zero attached hydrogens (tertiary/aromatic N) is 2. The van der Waals surface area contributed by atoms with Gasteiger partial charge in [-0.25, -0.2) is 0 Å². The number of carbonyl (C=O) groups excluding carboxylic acids is 1. The molecular formula is C12H15ClN4O3S. The van der Waals surface area contributed by atoms with Crippen LogP contribution < -0.4 is 11.3 Å². The molecule has 21 heavy (non-hydrogen) atoms. The van der Waals surface area contributed by atoms with Crippen molar-refractivity contribution in [2.75, 3.05) is 24.0 Å². The van der Waals surface area contributed by atoms with Crippen LogP contribution in [0.4, 0.5) is 11.4 Å². The van der Waals surface area contributed by atoms with Crippen LogP contribution in [0.1, 0.15) is 16.8 Å². The number of nitro groups is 1. The zero-order chi connectivity index (χ0) is 15.6. The molecule has 1 atom stereocenters. The molecule has 114 valence electrons. The van der Waals surface area contributed by atoms with Gasteiger partial charge in [0.2, 0.25) is 0 Å². The van der Waals surface area contributed by atoms with E-state index in [1.54, 1.807) is 23.7 Å². The molecule has 1 heterocycles. The summed E-state index contributed by atoms with van der Waals surface area (Å²) in [6.45, 7) is 0. The lowest BCUT2D eigenvalue weighted by molar-refractivity contribution is -0.384. The second-order valence-electron chi connectivity index (χ2n) is 4.69. The van der Waals surface area contributed by atoms with E-state index in [2.05, 4.69) is 5.43 Å². The van der Waals surface area contributed by atoms with E-state index in [4.69, 9.17) is 17.4 Å². The van der Waals surface area contributed by atoms with E-state index in [-0.39, 0.29) is 33.9 Å². The number of halogens is 1. The fourth-order valence-electron chi connectivity index (χ4n) is 2.20. The van der Waals surface area contributed by atoms with Gasteiger partial charge in [0.15, 0.2) is 0 Å². The SMILES string of the molecule is CN(C(=O)c1cc(Cl)c(NN)c([N+](=O)[O-])c1)C1CCSC1. The van der Waals surface area contributed by atoms with E-state index in [9.17, 15) is 14.9 Å². The molecule has 1 fully saturated rings. The molecule has 2 rings (SSSR count). The largest absolute Gasteiger partial charge is 0.338 e. The van der Waals surface area contributed by atoms with Crippen molar-refractivity contribution in [3.05, 3.63) is 32.8 Å². The average molecular weight is 331 g/mol. The second-order valence-corrected chi connectivity index (χ2v) is 6.24. The highest BCUT2D eigenvalue weighted by atomic mass is 35.5. The molecule has 1 aromatic carbocycles. The third-order valence-corrected chi connectivity index (χ3v) is 4.87. The van der Waals surface area contributed by atoms with Gasteiger partial charge >= 0.3 is 0 Å². The maximum Gasteiger partial charge on any atom is 0.295 e. The summed E-state index contributed by atoms with van der Waals surface area (Å²) in [4.78, 5) is 24.5. The predicted octanol–water partition coefficient (Wildman–Crippen LogP) is 2.11. The van der Waals surface area contributed by atoms with Gasteiger partial charge in [-0.05, 0) is 18.2 Å². The summed E-state index contributed by atoms with van der Waals surface area (Å²) in [5, 5.41) is 11.1. The molecule has 9 heteroatoms. The van der Waals surface area contributed by atoms with Crippen LogP contribution in [0.3, 0.4) is 0 Å². The third kappa shape index (κ3) is 3.22. The van der Waals surface area contributed by atoms with Crippen molar-refractivity contribution in [2.24, 2.45) is 5.84 Å². The van der Waals surface area contributed by atoms with Crippen LogP contribution in [0.5, 0.6) is 0 Å². The molecule has 1 unspecified atom stereocenters. The summed E-state index contributed by atoms with van der Waals surface area (Å²) in [6.07, 6.45) is 0.922. The standard InChI is InChI=1S/C12H15ClN4O3S/c1-16(8-2-3-21-6-8)12(18)7-4-9(13)11(15-14)10(5-7)17(19)20/h4-5,8,15H,2-3,6,14H2,1H3. The first-order valence-corrected chi connectivity index (χ1v) is 7.78. The van der Waals surface area contributed by atoms with Crippen molar-refractivity contribution in [1.82, 2.24) is 4.90 Å². The van der Waals surface area contributed by atoms with Crippen molar-refractivity contribution < 1.29 is 9.72 Å². The molecule has 0 aliphatic carbocycles. The normalized spacial score (nSPS) is 17.6. The number of nitrogens with one attached hydrogen (secondary N) is 1. The molecule has 0 aromatic heterocycles. The fraction of sp³-hybridized carbons (Fsp3) is 0.417. The maximum atomic E-state index is 12.4. The lowest BCUT2D eigenvalue weighted by atomic mass is 10.1. The molecule has 0 radical (unpaired) electrons. The number of hydrazine groups is 1. The van der Waals surface area contributed by atoms with Crippen LogP contribution in [0, 0.1) is 10.1 Å². The lowest BCUT2D eigenvalue weighted by Crippen LogP contribution is -2.37. The number of hydrogen-bond donors (Lipinski definition) is 2. The highest BCUT2D eigenvalue weighted by Gasteiger charge is 2.27. The van der Waals surface area contributed by atoms with Gasteiger partial charge in [0, 0.05) is 30.5 Å². The van der Waals surface area contributed by atoms with Gasteiger partial charge in [-0.15, -0.1) is 0 Å². The molecular weight excluding hydrogens is 316 g/mol. The van der Waals surface area contributed by atoms with Crippen molar-refractivity contribution >= 4 is 40.6 Å². The lowest BCUT2D eigenvalue weighted by Gasteiger charge is -2.24. The Labute approximate surface area is 130 Å². The molecule has 1 aromatic rings. The van der Waals surface area contributed by atoms with Crippen molar-refractivity contribution in [3.8, 4) is 0 Å². The number of amides is 1. The Bertz CT molecular complexity index is 578. The quantitative estimate of drug-likeness (QED) is 0.498. The molecule has 0 saturated carbocycles. The number of hydrogen-bond acceptors (Lipinski definition) is 6. The Hall–Kier alpha value is -1.51. The van der Waals surface area contributed by atoms with Gasteiger partial charge in [-0.3, -0.25) is 20.8 Å². The number of rotatable bonds is 4. The number of carbonyl (C=O) groups is 1. The minimum Gasteiger partial charge on any atom is -0.338 e. The Morgan fingerprint density at radius 1 is 1.62 bits per heavy atom. The van der Waals surface area contributed by atoms with E-state index in [1.807, 2.05) is 0 Å². The van der Waals surface area contributed by atoms with E-state index in [0.717, 1.165) is 17.9 Å². The Morgan fingerprint density at radius 3 is 2.86 bits per heavy atom. The number of benzene rings is 1. The van der Waals surface area contributed by atoms with Crippen molar-refractivity contribution in [2.45, 2.75) is 12.5 Å². The van der Waals surface area contributed by atoms with Crippen LogP contribution in [0.15, 0.2) is 12.1 Å². The first kappa shape index (κ1) is 15.9. The van der Waals surface area contributed by atoms with Gasteiger partial charge in [-0.2, -0.15) is 11.8 Å². The topological polar surface area (TPSA) is 102 Å². The van der Waals surface area contributed by atoms with E-state index in [0.29, 0.717) is 0 Å². The molecule has 1 saturated heterocycles. The van der Waals surface area contributed by atoms with Gasteiger partial charge in [0.25, 0.3) is 11.6 Å². The second kappa shape index (κ2) is 6.50. The van der Waals surface area contributed by atoms with E-state index >= 15 is 0 Å². The third-order valence-electron chi connectivity index (χ3n) is 3.43. The summed E-state index contributed by atoms with van der Waals surface area (Å²) in [5.74, 6) is 6.85. The number of nitrogen functional groups attached to an aromatic ring is 1. The van der Waals surface area contributed by atoms with Crippen molar-refractivity contribution in [3.63, 3.8) is 0 Å². The molecule has 1 aliphatic rings. The van der Waals surface area contributed by atoms with Gasteiger partial charge in [-0.1, -0.05) is 11.6 Å². The van der Waals surface area contributed by atoms with Gasteiger partial charge in [0.1, 0.15) is 5.69 Å². The minimum absolute atomic E-state index is 0.00251. The smallest absolute Gasteiger partial charge is 0.295 e. The average Bonchev–Trinajstić information content (AvgIpc) is 2.98. The van der Waals surface area contributed by atoms with Crippen LogP contribution >= 0.6 is 23.4 Å². The Kier molecular flexibility index (Phi) is 4.92. The van der Waals surface area contributed by atoms with Crippen LogP contribution in [-0.2, 0) is 0 Å². The summed E-state index contributed by atoms with van der Waals surface area (Å²) in [6, 6.07) is 2.74. The zero-order valence-electron chi connectivity index (χ0n) is 11.3. The van der Waals surface area contributed by atoms with Gasteiger partial charge in [0.05, 0.1) is 9.95 Å². The molecule has 1 aliphatic heterocycles. The number of thioether (sulfide) groups is 1. The molecule has 0 bridgehead atoms. The molecule has 7 nitrogen and oxygen atoms in total. The fourth-order valence-corrected chi connectivity index (χ4v) is 3.74. The zero-order valence-corrected chi connectivity index (χ0v) is 12.9. The highest BCUT2D eigenvalue weighted by Crippen LogP contribution is 2.34.